The standard InChI is InChI=1S/C12H18N2O3/c13-9-5-4-8-11(12(15)16)14(17)10-6-2-1-3-7-10/h1-3,6-7,11,17H,4-5,8-9,13H2,(H,15,16)/t11-/m0/s1. The zero-order chi connectivity index (χ0) is 12.7. The van der Waals surface area contributed by atoms with Gasteiger partial charge in [-0.3, -0.25) is 5.21 Å². The molecule has 5 heteroatoms. The van der Waals surface area contributed by atoms with Crippen molar-refractivity contribution in [3.63, 3.8) is 0 Å². The number of carboxylic acids is 1. The number of rotatable bonds is 7. The van der Waals surface area contributed by atoms with Gasteiger partial charge in [0, 0.05) is 0 Å². The summed E-state index contributed by atoms with van der Waals surface area (Å²) in [7, 11) is 0. The van der Waals surface area contributed by atoms with Crippen molar-refractivity contribution in [2.75, 3.05) is 11.6 Å². The van der Waals surface area contributed by atoms with E-state index in [9.17, 15) is 10.0 Å². The van der Waals surface area contributed by atoms with Gasteiger partial charge in [0.05, 0.1) is 5.69 Å². The average molecular weight is 238 g/mol. The third kappa shape index (κ3) is 4.05. The molecular weight excluding hydrogens is 220 g/mol. The molecule has 0 radical (unpaired) electrons. The third-order valence-electron chi connectivity index (χ3n) is 2.53. The van der Waals surface area contributed by atoms with E-state index in [1.807, 2.05) is 6.07 Å². The maximum Gasteiger partial charge on any atom is 0.328 e. The Labute approximate surface area is 100 Å². The van der Waals surface area contributed by atoms with Crippen LogP contribution in [-0.2, 0) is 4.79 Å². The molecule has 0 aromatic heterocycles. The molecule has 94 valence electrons. The summed E-state index contributed by atoms with van der Waals surface area (Å²) in [6.07, 6.45) is 1.81. The molecule has 0 unspecified atom stereocenters. The maximum absolute atomic E-state index is 11.1. The van der Waals surface area contributed by atoms with Gasteiger partial charge in [-0.2, -0.15) is 0 Å². The second-order valence-electron chi connectivity index (χ2n) is 3.82. The number of nitrogens with zero attached hydrogens (tertiary/aromatic N) is 1. The number of carboxylic acid groups (broad SMARTS) is 1. The maximum atomic E-state index is 11.1. The van der Waals surface area contributed by atoms with Crippen LogP contribution >= 0.6 is 0 Å². The van der Waals surface area contributed by atoms with E-state index in [1.165, 1.54) is 0 Å². The molecule has 0 spiro atoms. The van der Waals surface area contributed by atoms with Gasteiger partial charge in [0.25, 0.3) is 0 Å². The number of unbranched alkanes of at least 4 members (excludes halogenated alkanes) is 1. The first-order valence-corrected chi connectivity index (χ1v) is 5.63. The number of benzene rings is 1. The monoisotopic (exact) mass is 238 g/mol. The predicted octanol–water partition coefficient (Wildman–Crippen LogP) is 1.46. The zero-order valence-electron chi connectivity index (χ0n) is 9.62. The van der Waals surface area contributed by atoms with E-state index >= 15 is 0 Å². The van der Waals surface area contributed by atoms with Crippen LogP contribution in [0.3, 0.4) is 0 Å². The lowest BCUT2D eigenvalue weighted by molar-refractivity contribution is -0.140. The van der Waals surface area contributed by atoms with Crippen LogP contribution in [0.2, 0.25) is 0 Å². The highest BCUT2D eigenvalue weighted by atomic mass is 16.5. The van der Waals surface area contributed by atoms with Gasteiger partial charge < -0.3 is 10.8 Å². The molecule has 1 aromatic rings. The van der Waals surface area contributed by atoms with Crippen LogP contribution in [0.15, 0.2) is 30.3 Å². The SMILES string of the molecule is NCCCC[C@@H](C(=O)O)N(O)c1ccccc1. The molecule has 1 atom stereocenters. The van der Waals surface area contributed by atoms with Gasteiger partial charge in [-0.15, -0.1) is 0 Å². The Morgan fingerprint density at radius 2 is 1.94 bits per heavy atom. The molecule has 0 bridgehead atoms. The smallest absolute Gasteiger partial charge is 0.328 e. The lowest BCUT2D eigenvalue weighted by Gasteiger charge is -2.24. The van der Waals surface area contributed by atoms with Gasteiger partial charge in [0.1, 0.15) is 0 Å². The highest BCUT2D eigenvalue weighted by Gasteiger charge is 2.24. The van der Waals surface area contributed by atoms with Crippen molar-refractivity contribution in [2.45, 2.75) is 25.3 Å². The van der Waals surface area contributed by atoms with Crippen LogP contribution in [0.5, 0.6) is 0 Å². The predicted molar refractivity (Wildman–Crippen MR) is 65.0 cm³/mol. The Bertz CT molecular complexity index is 343. The molecule has 1 aromatic carbocycles. The van der Waals surface area contributed by atoms with Crippen LogP contribution in [0.25, 0.3) is 0 Å². The van der Waals surface area contributed by atoms with E-state index in [-0.39, 0.29) is 0 Å². The van der Waals surface area contributed by atoms with Crippen LogP contribution in [-0.4, -0.2) is 28.9 Å². The molecule has 5 nitrogen and oxygen atoms in total. The zero-order valence-corrected chi connectivity index (χ0v) is 9.62. The van der Waals surface area contributed by atoms with Gasteiger partial charge in [-0.25, -0.2) is 9.86 Å². The summed E-state index contributed by atoms with van der Waals surface area (Å²) in [5.74, 6) is -1.03. The van der Waals surface area contributed by atoms with E-state index in [4.69, 9.17) is 10.8 Å². The number of para-hydroxylation sites is 1. The first kappa shape index (κ1) is 13.5. The number of aliphatic carboxylic acids is 1. The summed E-state index contributed by atoms with van der Waals surface area (Å²) in [5.41, 5.74) is 5.83. The van der Waals surface area contributed by atoms with Gasteiger partial charge in [-0.05, 0) is 37.9 Å². The third-order valence-corrected chi connectivity index (χ3v) is 2.53. The van der Waals surface area contributed by atoms with Crippen LogP contribution < -0.4 is 10.8 Å². The normalized spacial score (nSPS) is 12.1. The summed E-state index contributed by atoms with van der Waals surface area (Å²) < 4.78 is 0. The Kier molecular flexibility index (Phi) is 5.45. The van der Waals surface area contributed by atoms with Gasteiger partial charge >= 0.3 is 5.97 Å². The molecule has 0 saturated carbocycles. The Morgan fingerprint density at radius 1 is 1.29 bits per heavy atom. The largest absolute Gasteiger partial charge is 0.480 e. The van der Waals surface area contributed by atoms with Crippen LogP contribution in [0, 0.1) is 0 Å². The fraction of sp³-hybridized carbons (Fsp3) is 0.417. The molecule has 4 N–H and O–H groups in total. The molecule has 0 heterocycles. The summed E-state index contributed by atoms with van der Waals surface area (Å²) in [5, 5.41) is 19.7. The van der Waals surface area contributed by atoms with Crippen molar-refractivity contribution in [3.05, 3.63) is 30.3 Å². The van der Waals surface area contributed by atoms with Gasteiger partial charge in [-0.1, -0.05) is 18.2 Å². The second kappa shape index (κ2) is 6.88. The van der Waals surface area contributed by atoms with Crippen molar-refractivity contribution in [1.82, 2.24) is 0 Å². The summed E-state index contributed by atoms with van der Waals surface area (Å²) >= 11 is 0. The van der Waals surface area contributed by atoms with Crippen LogP contribution in [0.1, 0.15) is 19.3 Å². The fourth-order valence-corrected chi connectivity index (χ4v) is 1.59. The Morgan fingerprint density at radius 3 is 2.47 bits per heavy atom. The first-order chi connectivity index (χ1) is 8.16. The molecular formula is C12H18N2O3. The number of hydrogen-bond donors (Lipinski definition) is 3. The molecule has 0 fully saturated rings. The van der Waals surface area contributed by atoms with Crippen molar-refractivity contribution in [1.29, 1.82) is 0 Å². The number of hydrogen-bond acceptors (Lipinski definition) is 4. The van der Waals surface area contributed by atoms with Crippen molar-refractivity contribution in [3.8, 4) is 0 Å². The topological polar surface area (TPSA) is 86.8 Å². The number of anilines is 1. The number of nitrogens with two attached hydrogens (primary N) is 1. The minimum Gasteiger partial charge on any atom is -0.480 e. The minimum atomic E-state index is -1.03. The highest BCUT2D eigenvalue weighted by molar-refractivity contribution is 5.77. The second-order valence-corrected chi connectivity index (χ2v) is 3.82. The Balaban J connectivity index is 2.67. The van der Waals surface area contributed by atoms with E-state index in [1.54, 1.807) is 24.3 Å². The molecule has 0 aliphatic carbocycles. The Hall–Kier alpha value is -1.59. The molecule has 0 aliphatic heterocycles. The summed E-state index contributed by atoms with van der Waals surface area (Å²) in [6.45, 7) is 0.531. The molecule has 1 rings (SSSR count). The molecule has 0 aliphatic rings. The van der Waals surface area contributed by atoms with Crippen molar-refractivity contribution < 1.29 is 15.1 Å². The van der Waals surface area contributed by atoms with E-state index in [0.29, 0.717) is 25.1 Å². The fourth-order valence-electron chi connectivity index (χ4n) is 1.59. The number of carbonyl (C=O) groups is 1. The highest BCUT2D eigenvalue weighted by Crippen LogP contribution is 2.17. The molecule has 0 saturated heterocycles. The van der Waals surface area contributed by atoms with Crippen molar-refractivity contribution >= 4 is 11.7 Å². The van der Waals surface area contributed by atoms with E-state index < -0.39 is 12.0 Å². The minimum absolute atomic E-state index is 0.373. The van der Waals surface area contributed by atoms with E-state index in [2.05, 4.69) is 0 Å². The molecule has 17 heavy (non-hydrogen) atoms. The van der Waals surface area contributed by atoms with Crippen molar-refractivity contribution in [2.24, 2.45) is 5.73 Å². The first-order valence-electron chi connectivity index (χ1n) is 5.63. The quantitative estimate of drug-likeness (QED) is 0.494. The summed E-state index contributed by atoms with van der Waals surface area (Å²) in [4.78, 5) is 11.1. The molecule has 0 amide bonds. The lowest BCUT2D eigenvalue weighted by atomic mass is 10.1. The van der Waals surface area contributed by atoms with Gasteiger partial charge in [0.15, 0.2) is 6.04 Å². The summed E-state index contributed by atoms with van der Waals surface area (Å²) in [6, 6.07) is 7.71. The van der Waals surface area contributed by atoms with Gasteiger partial charge in [0.2, 0.25) is 0 Å². The average Bonchev–Trinajstić information content (AvgIpc) is 2.34. The lowest BCUT2D eigenvalue weighted by Crippen LogP contribution is -2.39. The van der Waals surface area contributed by atoms with Crippen LogP contribution in [0.4, 0.5) is 5.69 Å². The van der Waals surface area contributed by atoms with E-state index in [0.717, 1.165) is 11.5 Å². The number of hydroxylamine groups is 1.